The van der Waals surface area contributed by atoms with Crippen molar-refractivity contribution in [3.05, 3.63) is 23.9 Å². The zero-order valence-corrected chi connectivity index (χ0v) is 9.77. The topological polar surface area (TPSA) is 66.0 Å². The molecule has 86 valence electrons. The van der Waals surface area contributed by atoms with Gasteiger partial charge in [-0.05, 0) is 24.0 Å². The quantitative estimate of drug-likeness (QED) is 0.583. The molecule has 0 aliphatic carbocycles. The summed E-state index contributed by atoms with van der Waals surface area (Å²) in [4.78, 5) is 6.65. The van der Waals surface area contributed by atoms with E-state index in [4.69, 9.17) is 11.1 Å². The van der Waals surface area contributed by atoms with Crippen molar-refractivity contribution < 1.29 is 0 Å². The van der Waals surface area contributed by atoms with E-state index in [-0.39, 0.29) is 5.84 Å². The monoisotopic (exact) mass is 218 g/mol. The van der Waals surface area contributed by atoms with Gasteiger partial charge in [0.15, 0.2) is 0 Å². The molecule has 0 saturated carbocycles. The molecule has 1 aromatic heterocycles. The maximum atomic E-state index is 7.30. The molecule has 2 heterocycles. The van der Waals surface area contributed by atoms with E-state index in [0.717, 1.165) is 18.9 Å². The van der Waals surface area contributed by atoms with Gasteiger partial charge < -0.3 is 10.6 Å². The number of amidine groups is 1. The highest BCUT2D eigenvalue weighted by Gasteiger charge is 2.26. The van der Waals surface area contributed by atoms with E-state index in [1.54, 1.807) is 6.20 Å². The van der Waals surface area contributed by atoms with Crippen LogP contribution in [0.4, 0.5) is 5.82 Å². The molecular weight excluding hydrogens is 200 g/mol. The molecule has 0 radical (unpaired) electrons. The summed E-state index contributed by atoms with van der Waals surface area (Å²) in [5, 5.41) is 7.30. The molecule has 0 bridgehead atoms. The zero-order valence-electron chi connectivity index (χ0n) is 9.77. The fourth-order valence-electron chi connectivity index (χ4n) is 2.05. The van der Waals surface area contributed by atoms with Gasteiger partial charge in [0.2, 0.25) is 0 Å². The molecule has 1 saturated heterocycles. The lowest BCUT2D eigenvalue weighted by molar-refractivity contribution is 0.494. The van der Waals surface area contributed by atoms with Gasteiger partial charge in [-0.25, -0.2) is 4.98 Å². The number of anilines is 1. The normalized spacial score (nSPS) is 24.8. The molecule has 1 aliphatic heterocycles. The molecule has 1 aliphatic rings. The molecular formula is C12H18N4. The number of nitrogens with two attached hydrogens (primary N) is 1. The Labute approximate surface area is 96.0 Å². The number of nitrogen functional groups attached to an aromatic ring is 1. The van der Waals surface area contributed by atoms with Crippen LogP contribution in [0.25, 0.3) is 0 Å². The standard InChI is InChI=1S/C12H18N4/c1-8-6-16(7-9(8)2)11-4-3-10(5-15-11)12(13)14/h3-5,8-9H,6-7H2,1-2H3,(H3,13,14). The summed E-state index contributed by atoms with van der Waals surface area (Å²) < 4.78 is 0. The number of hydrogen-bond donors (Lipinski definition) is 2. The van der Waals surface area contributed by atoms with Crippen LogP contribution in [0.2, 0.25) is 0 Å². The van der Waals surface area contributed by atoms with Gasteiger partial charge in [0.1, 0.15) is 11.7 Å². The van der Waals surface area contributed by atoms with Gasteiger partial charge in [-0.1, -0.05) is 13.8 Å². The van der Waals surface area contributed by atoms with E-state index < -0.39 is 0 Å². The number of rotatable bonds is 2. The SMILES string of the molecule is CC1CN(c2ccc(C(=N)N)cn2)CC1C. The van der Waals surface area contributed by atoms with Gasteiger partial charge in [-0.3, -0.25) is 5.41 Å². The number of hydrogen-bond acceptors (Lipinski definition) is 3. The van der Waals surface area contributed by atoms with Crippen LogP contribution in [0.3, 0.4) is 0 Å². The maximum absolute atomic E-state index is 7.30. The third kappa shape index (κ3) is 2.01. The molecule has 2 unspecified atom stereocenters. The van der Waals surface area contributed by atoms with Crippen LogP contribution in [0.1, 0.15) is 19.4 Å². The first-order valence-corrected chi connectivity index (χ1v) is 5.63. The molecule has 1 aromatic rings. The van der Waals surface area contributed by atoms with Crippen LogP contribution in [-0.2, 0) is 0 Å². The Kier molecular flexibility index (Phi) is 2.81. The first kappa shape index (κ1) is 10.9. The fourth-order valence-corrected chi connectivity index (χ4v) is 2.05. The van der Waals surface area contributed by atoms with Crippen LogP contribution in [0, 0.1) is 17.2 Å². The molecule has 0 amide bonds. The molecule has 0 aromatic carbocycles. The Bertz CT molecular complexity index is 375. The van der Waals surface area contributed by atoms with Crippen LogP contribution in [-0.4, -0.2) is 23.9 Å². The summed E-state index contributed by atoms with van der Waals surface area (Å²) >= 11 is 0. The van der Waals surface area contributed by atoms with Gasteiger partial charge in [0.25, 0.3) is 0 Å². The Hall–Kier alpha value is -1.58. The fraction of sp³-hybridized carbons (Fsp3) is 0.500. The minimum absolute atomic E-state index is 0.0715. The van der Waals surface area contributed by atoms with Crippen molar-refractivity contribution in [2.45, 2.75) is 13.8 Å². The number of nitrogens with zero attached hydrogens (tertiary/aromatic N) is 2. The summed E-state index contributed by atoms with van der Waals surface area (Å²) in [6.45, 7) is 6.67. The number of pyridine rings is 1. The molecule has 4 nitrogen and oxygen atoms in total. The van der Waals surface area contributed by atoms with Crippen molar-refractivity contribution in [1.29, 1.82) is 5.41 Å². The number of nitrogens with one attached hydrogen (secondary N) is 1. The minimum atomic E-state index is 0.0715. The number of aromatic nitrogens is 1. The molecule has 4 heteroatoms. The van der Waals surface area contributed by atoms with Gasteiger partial charge in [-0.15, -0.1) is 0 Å². The summed E-state index contributed by atoms with van der Waals surface area (Å²) in [7, 11) is 0. The van der Waals surface area contributed by atoms with Gasteiger partial charge >= 0.3 is 0 Å². The Balaban J connectivity index is 2.14. The predicted octanol–water partition coefficient (Wildman–Crippen LogP) is 1.46. The molecule has 0 spiro atoms. The van der Waals surface area contributed by atoms with Crippen molar-refractivity contribution in [3.63, 3.8) is 0 Å². The summed E-state index contributed by atoms with van der Waals surface area (Å²) in [5.74, 6) is 2.49. The molecule has 3 N–H and O–H groups in total. The third-order valence-corrected chi connectivity index (χ3v) is 3.37. The van der Waals surface area contributed by atoms with Crippen molar-refractivity contribution in [2.24, 2.45) is 17.6 Å². The summed E-state index contributed by atoms with van der Waals surface area (Å²) in [6, 6.07) is 3.81. The van der Waals surface area contributed by atoms with Crippen LogP contribution < -0.4 is 10.6 Å². The van der Waals surface area contributed by atoms with E-state index >= 15 is 0 Å². The van der Waals surface area contributed by atoms with E-state index in [1.807, 2.05) is 12.1 Å². The van der Waals surface area contributed by atoms with Gasteiger partial charge in [0, 0.05) is 24.8 Å². The summed E-state index contributed by atoms with van der Waals surface area (Å²) in [5.41, 5.74) is 6.08. The average Bonchev–Trinajstić information content (AvgIpc) is 2.59. The van der Waals surface area contributed by atoms with E-state index in [2.05, 4.69) is 23.7 Å². The molecule has 1 fully saturated rings. The summed E-state index contributed by atoms with van der Waals surface area (Å²) in [6.07, 6.45) is 1.67. The largest absolute Gasteiger partial charge is 0.384 e. The van der Waals surface area contributed by atoms with Crippen LogP contribution >= 0.6 is 0 Å². The second-order valence-electron chi connectivity index (χ2n) is 4.68. The highest BCUT2D eigenvalue weighted by Crippen LogP contribution is 2.26. The molecule has 2 rings (SSSR count). The highest BCUT2D eigenvalue weighted by molar-refractivity contribution is 5.94. The van der Waals surface area contributed by atoms with Crippen molar-refractivity contribution in [2.75, 3.05) is 18.0 Å². The Morgan fingerprint density at radius 3 is 2.44 bits per heavy atom. The van der Waals surface area contributed by atoms with E-state index in [0.29, 0.717) is 17.4 Å². The van der Waals surface area contributed by atoms with Gasteiger partial charge in [-0.2, -0.15) is 0 Å². The first-order chi connectivity index (χ1) is 7.58. The van der Waals surface area contributed by atoms with Crippen molar-refractivity contribution in [3.8, 4) is 0 Å². The Morgan fingerprint density at radius 1 is 1.38 bits per heavy atom. The molecule has 2 atom stereocenters. The molecule has 16 heavy (non-hydrogen) atoms. The highest BCUT2D eigenvalue weighted by atomic mass is 15.2. The maximum Gasteiger partial charge on any atom is 0.128 e. The van der Waals surface area contributed by atoms with Gasteiger partial charge in [0.05, 0.1) is 0 Å². The third-order valence-electron chi connectivity index (χ3n) is 3.37. The van der Waals surface area contributed by atoms with Crippen molar-refractivity contribution >= 4 is 11.7 Å². The van der Waals surface area contributed by atoms with Crippen LogP contribution in [0.15, 0.2) is 18.3 Å². The Morgan fingerprint density at radius 2 is 2.00 bits per heavy atom. The minimum Gasteiger partial charge on any atom is -0.384 e. The zero-order chi connectivity index (χ0) is 11.7. The lowest BCUT2D eigenvalue weighted by Crippen LogP contribution is -2.21. The van der Waals surface area contributed by atoms with E-state index in [9.17, 15) is 0 Å². The van der Waals surface area contributed by atoms with Crippen LogP contribution in [0.5, 0.6) is 0 Å². The second-order valence-corrected chi connectivity index (χ2v) is 4.68. The van der Waals surface area contributed by atoms with E-state index in [1.165, 1.54) is 0 Å². The first-order valence-electron chi connectivity index (χ1n) is 5.63. The lowest BCUT2D eigenvalue weighted by Gasteiger charge is -2.17. The lowest BCUT2D eigenvalue weighted by atomic mass is 10.0. The van der Waals surface area contributed by atoms with Crippen molar-refractivity contribution in [1.82, 2.24) is 4.98 Å². The average molecular weight is 218 g/mol. The predicted molar refractivity (Wildman–Crippen MR) is 65.8 cm³/mol. The second kappa shape index (κ2) is 4.12. The smallest absolute Gasteiger partial charge is 0.128 e.